The van der Waals surface area contributed by atoms with Crippen molar-refractivity contribution in [2.45, 2.75) is 12.8 Å². The third-order valence-corrected chi connectivity index (χ3v) is 4.83. The van der Waals surface area contributed by atoms with Crippen LogP contribution in [-0.4, -0.2) is 45.2 Å². The summed E-state index contributed by atoms with van der Waals surface area (Å²) in [5.74, 6) is 1.14. The lowest BCUT2D eigenvalue weighted by atomic mass is 9.98. The fraction of sp³-hybridized carbons (Fsp3) is 0.300. The van der Waals surface area contributed by atoms with Crippen molar-refractivity contribution in [1.29, 1.82) is 0 Å². The number of rotatable bonds is 5. The third-order valence-electron chi connectivity index (χ3n) is 4.83. The van der Waals surface area contributed by atoms with Crippen LogP contribution in [0.2, 0.25) is 0 Å². The smallest absolute Gasteiger partial charge is 0.319 e. The van der Waals surface area contributed by atoms with Crippen LogP contribution in [-0.2, 0) is 0 Å². The molecule has 1 unspecified atom stereocenters. The Labute approximate surface area is 163 Å². The molecule has 3 aromatic rings. The summed E-state index contributed by atoms with van der Waals surface area (Å²) in [7, 11) is 0. The van der Waals surface area contributed by atoms with Gasteiger partial charge in [-0.15, -0.1) is 0 Å². The van der Waals surface area contributed by atoms with Crippen molar-refractivity contribution in [2.24, 2.45) is 5.92 Å². The van der Waals surface area contributed by atoms with Crippen LogP contribution in [0.4, 0.5) is 16.4 Å². The van der Waals surface area contributed by atoms with Crippen molar-refractivity contribution < 1.29 is 4.79 Å². The van der Waals surface area contributed by atoms with Crippen molar-refractivity contribution in [3.05, 3.63) is 61.4 Å². The van der Waals surface area contributed by atoms with E-state index in [-0.39, 0.29) is 6.03 Å². The molecule has 8 nitrogen and oxygen atoms in total. The standard InChI is InChI=1S/C20H23N7O/c28-20(25-17-4-6-18(7-5-17)27-12-10-21-15-27)24-13-16-3-1-11-26(14-16)19-22-8-2-9-23-19/h2,4-10,12,15-16H,1,3,11,13-14H2,(H2,24,25,28). The number of carbonyl (C=O) groups excluding carboxylic acids is 1. The number of piperidine rings is 1. The van der Waals surface area contributed by atoms with Gasteiger partial charge in [0.1, 0.15) is 0 Å². The zero-order valence-electron chi connectivity index (χ0n) is 15.5. The fourth-order valence-electron chi connectivity index (χ4n) is 3.41. The normalized spacial score (nSPS) is 16.6. The van der Waals surface area contributed by atoms with Crippen LogP contribution in [0.3, 0.4) is 0 Å². The summed E-state index contributed by atoms with van der Waals surface area (Å²) in [6.07, 6.45) is 11.0. The van der Waals surface area contributed by atoms with E-state index in [9.17, 15) is 4.79 Å². The number of benzene rings is 1. The molecule has 0 bridgehead atoms. The summed E-state index contributed by atoms with van der Waals surface area (Å²) in [5, 5.41) is 5.87. The first-order valence-electron chi connectivity index (χ1n) is 9.43. The van der Waals surface area contributed by atoms with Gasteiger partial charge in [-0.05, 0) is 49.1 Å². The Kier molecular flexibility index (Phi) is 5.46. The molecule has 0 saturated carbocycles. The van der Waals surface area contributed by atoms with E-state index in [0.717, 1.165) is 43.3 Å². The molecule has 0 spiro atoms. The second-order valence-corrected chi connectivity index (χ2v) is 6.85. The molecule has 0 aliphatic carbocycles. The van der Waals surface area contributed by atoms with Crippen LogP contribution in [0.15, 0.2) is 61.4 Å². The largest absolute Gasteiger partial charge is 0.340 e. The highest BCUT2D eigenvalue weighted by Crippen LogP contribution is 2.19. The lowest BCUT2D eigenvalue weighted by Crippen LogP contribution is -2.42. The highest BCUT2D eigenvalue weighted by molar-refractivity contribution is 5.89. The summed E-state index contributed by atoms with van der Waals surface area (Å²) < 4.78 is 1.91. The Balaban J connectivity index is 1.26. The number of imidazole rings is 1. The van der Waals surface area contributed by atoms with Gasteiger partial charge in [-0.1, -0.05) is 0 Å². The third kappa shape index (κ3) is 4.46. The van der Waals surface area contributed by atoms with Crippen molar-refractivity contribution >= 4 is 17.7 Å². The zero-order valence-corrected chi connectivity index (χ0v) is 15.5. The van der Waals surface area contributed by atoms with E-state index >= 15 is 0 Å². The maximum absolute atomic E-state index is 12.2. The number of anilines is 2. The average molecular weight is 377 g/mol. The summed E-state index contributed by atoms with van der Waals surface area (Å²) in [5.41, 5.74) is 1.75. The summed E-state index contributed by atoms with van der Waals surface area (Å²) >= 11 is 0. The molecule has 0 radical (unpaired) electrons. The Morgan fingerprint density at radius 2 is 1.96 bits per heavy atom. The summed E-state index contributed by atoms with van der Waals surface area (Å²) in [4.78, 5) is 27.1. The van der Waals surface area contributed by atoms with E-state index in [1.165, 1.54) is 0 Å². The van der Waals surface area contributed by atoms with Gasteiger partial charge in [-0.2, -0.15) is 0 Å². The minimum absolute atomic E-state index is 0.191. The first-order chi connectivity index (χ1) is 13.8. The molecule has 28 heavy (non-hydrogen) atoms. The summed E-state index contributed by atoms with van der Waals surface area (Å²) in [6.45, 7) is 2.43. The van der Waals surface area contributed by atoms with Crippen molar-refractivity contribution in [1.82, 2.24) is 24.8 Å². The molecule has 1 aromatic carbocycles. The topological polar surface area (TPSA) is 88.0 Å². The van der Waals surface area contributed by atoms with Gasteiger partial charge in [0.25, 0.3) is 0 Å². The molecular formula is C20H23N7O. The Hall–Kier alpha value is -3.42. The number of hydrogen-bond donors (Lipinski definition) is 2. The Morgan fingerprint density at radius 3 is 2.71 bits per heavy atom. The first kappa shape index (κ1) is 18.0. The predicted octanol–water partition coefficient (Wildman–Crippen LogP) is 2.70. The van der Waals surface area contributed by atoms with Gasteiger partial charge in [0.05, 0.1) is 6.33 Å². The molecule has 1 fully saturated rings. The second kappa shape index (κ2) is 8.51. The van der Waals surface area contributed by atoms with E-state index in [4.69, 9.17) is 0 Å². The molecule has 1 atom stereocenters. The molecule has 144 valence electrons. The maximum Gasteiger partial charge on any atom is 0.319 e. The van der Waals surface area contributed by atoms with Crippen LogP contribution >= 0.6 is 0 Å². The highest BCUT2D eigenvalue weighted by atomic mass is 16.2. The van der Waals surface area contributed by atoms with E-state index in [0.29, 0.717) is 12.5 Å². The van der Waals surface area contributed by atoms with E-state index in [1.807, 2.05) is 41.1 Å². The van der Waals surface area contributed by atoms with Crippen LogP contribution in [0.1, 0.15) is 12.8 Å². The van der Waals surface area contributed by atoms with E-state index in [1.54, 1.807) is 24.9 Å². The predicted molar refractivity (Wildman–Crippen MR) is 108 cm³/mol. The van der Waals surface area contributed by atoms with Crippen LogP contribution in [0.25, 0.3) is 5.69 Å². The number of nitrogens with one attached hydrogen (secondary N) is 2. The van der Waals surface area contributed by atoms with Gasteiger partial charge in [0.2, 0.25) is 5.95 Å². The molecule has 8 heteroatoms. The van der Waals surface area contributed by atoms with E-state index < -0.39 is 0 Å². The lowest BCUT2D eigenvalue weighted by molar-refractivity contribution is 0.249. The molecular weight excluding hydrogens is 354 g/mol. The molecule has 3 heterocycles. The number of urea groups is 1. The molecule has 4 rings (SSSR count). The van der Waals surface area contributed by atoms with Crippen molar-refractivity contribution in [3.8, 4) is 5.69 Å². The van der Waals surface area contributed by atoms with Gasteiger partial charge < -0.3 is 20.1 Å². The molecule has 1 aliphatic heterocycles. The Morgan fingerprint density at radius 1 is 1.14 bits per heavy atom. The molecule has 1 saturated heterocycles. The number of hydrogen-bond acceptors (Lipinski definition) is 5. The molecule has 1 aliphatic rings. The fourth-order valence-corrected chi connectivity index (χ4v) is 3.41. The number of carbonyl (C=O) groups is 1. The minimum Gasteiger partial charge on any atom is -0.340 e. The van der Waals surface area contributed by atoms with Gasteiger partial charge in [0, 0.05) is 55.8 Å². The second-order valence-electron chi connectivity index (χ2n) is 6.85. The van der Waals surface area contributed by atoms with Gasteiger partial charge >= 0.3 is 6.03 Å². The van der Waals surface area contributed by atoms with E-state index in [2.05, 4.69) is 30.5 Å². The minimum atomic E-state index is -0.191. The van der Waals surface area contributed by atoms with Gasteiger partial charge in [-0.3, -0.25) is 0 Å². The van der Waals surface area contributed by atoms with Crippen molar-refractivity contribution in [3.63, 3.8) is 0 Å². The van der Waals surface area contributed by atoms with Crippen LogP contribution < -0.4 is 15.5 Å². The number of nitrogens with zero attached hydrogens (tertiary/aromatic N) is 5. The number of aromatic nitrogens is 4. The maximum atomic E-state index is 12.2. The zero-order chi connectivity index (χ0) is 19.2. The van der Waals surface area contributed by atoms with Crippen molar-refractivity contribution in [2.75, 3.05) is 29.9 Å². The average Bonchev–Trinajstić information content (AvgIpc) is 3.29. The summed E-state index contributed by atoms with van der Waals surface area (Å²) in [6, 6.07) is 9.27. The highest BCUT2D eigenvalue weighted by Gasteiger charge is 2.22. The lowest BCUT2D eigenvalue weighted by Gasteiger charge is -2.32. The van der Waals surface area contributed by atoms with Gasteiger partial charge in [-0.25, -0.2) is 19.7 Å². The van der Waals surface area contributed by atoms with Gasteiger partial charge in [0.15, 0.2) is 0 Å². The monoisotopic (exact) mass is 377 g/mol. The Bertz CT molecular complexity index is 881. The quantitative estimate of drug-likeness (QED) is 0.714. The molecule has 2 aromatic heterocycles. The molecule has 2 amide bonds. The van der Waals surface area contributed by atoms with Crippen LogP contribution in [0, 0.1) is 5.92 Å². The number of amides is 2. The SMILES string of the molecule is O=C(NCC1CCCN(c2ncccn2)C1)Nc1ccc(-n2ccnc2)cc1. The van der Waals surface area contributed by atoms with Crippen LogP contribution in [0.5, 0.6) is 0 Å². The molecule has 2 N–H and O–H groups in total. The first-order valence-corrected chi connectivity index (χ1v) is 9.43.